The lowest BCUT2D eigenvalue weighted by Gasteiger charge is -2.42. The Balaban J connectivity index is 1.60. The lowest BCUT2D eigenvalue weighted by Crippen LogP contribution is -2.59. The van der Waals surface area contributed by atoms with Gasteiger partial charge in [-0.1, -0.05) is 25.1 Å². The summed E-state index contributed by atoms with van der Waals surface area (Å²) in [5, 5.41) is 12.5. The molecule has 3 rings (SSSR count). The third kappa shape index (κ3) is 4.35. The highest BCUT2D eigenvalue weighted by Crippen LogP contribution is 2.30. The molecule has 2 saturated heterocycles. The molecule has 2 N–H and O–H groups in total. The quantitative estimate of drug-likeness (QED) is 0.824. The minimum Gasteiger partial charge on any atom is -0.481 e. The number of nitrogens with zero attached hydrogens (tertiary/aromatic N) is 2. The standard InChI is InChI=1S/C20H29N3O4/c1-2-16-14-22(17-6-4-3-5-7-17)10-11-23(16)19(26)21-15-20(18(24)25)8-12-27-13-9-20/h3-7,16H,2,8-15H2,1H3,(H,21,26)(H,24,25). The van der Waals surface area contributed by atoms with Gasteiger partial charge in [0, 0.05) is 45.1 Å². The highest BCUT2D eigenvalue weighted by atomic mass is 16.5. The summed E-state index contributed by atoms with van der Waals surface area (Å²) in [6, 6.07) is 10.2. The van der Waals surface area contributed by atoms with Crippen LogP contribution in [0, 0.1) is 5.41 Å². The Hall–Kier alpha value is -2.28. The Bertz CT molecular complexity index is 646. The van der Waals surface area contributed by atoms with E-state index in [-0.39, 0.29) is 18.6 Å². The van der Waals surface area contributed by atoms with Crippen molar-refractivity contribution < 1.29 is 19.4 Å². The Kier molecular flexibility index (Phi) is 6.21. The van der Waals surface area contributed by atoms with Crippen LogP contribution in [-0.4, -0.2) is 67.4 Å². The summed E-state index contributed by atoms with van der Waals surface area (Å²) in [7, 11) is 0. The van der Waals surface area contributed by atoms with Gasteiger partial charge in [0.25, 0.3) is 0 Å². The van der Waals surface area contributed by atoms with Crippen LogP contribution in [-0.2, 0) is 9.53 Å². The topological polar surface area (TPSA) is 82.1 Å². The van der Waals surface area contributed by atoms with Crippen LogP contribution in [0.15, 0.2) is 30.3 Å². The van der Waals surface area contributed by atoms with Gasteiger partial charge in [0.05, 0.1) is 11.5 Å². The smallest absolute Gasteiger partial charge is 0.317 e. The van der Waals surface area contributed by atoms with Crippen molar-refractivity contribution in [1.82, 2.24) is 10.2 Å². The van der Waals surface area contributed by atoms with Crippen molar-refractivity contribution in [3.05, 3.63) is 30.3 Å². The molecule has 27 heavy (non-hydrogen) atoms. The molecule has 0 radical (unpaired) electrons. The number of rotatable bonds is 5. The second-order valence-electron chi connectivity index (χ2n) is 7.39. The summed E-state index contributed by atoms with van der Waals surface area (Å²) in [5.74, 6) is -0.855. The monoisotopic (exact) mass is 375 g/mol. The number of carbonyl (C=O) groups excluding carboxylic acids is 1. The molecule has 0 aromatic heterocycles. The van der Waals surface area contributed by atoms with Gasteiger partial charge in [-0.15, -0.1) is 0 Å². The van der Waals surface area contributed by atoms with Gasteiger partial charge < -0.3 is 25.0 Å². The number of hydrogen-bond acceptors (Lipinski definition) is 4. The van der Waals surface area contributed by atoms with Gasteiger partial charge in [0.15, 0.2) is 0 Å². The van der Waals surface area contributed by atoms with Gasteiger partial charge in [0.2, 0.25) is 0 Å². The molecule has 0 spiro atoms. The van der Waals surface area contributed by atoms with Crippen molar-refractivity contribution in [3.8, 4) is 0 Å². The lowest BCUT2D eigenvalue weighted by molar-refractivity contribution is -0.154. The van der Waals surface area contributed by atoms with E-state index < -0.39 is 11.4 Å². The number of carboxylic acids is 1. The number of carbonyl (C=O) groups is 2. The Labute approximate surface area is 160 Å². The fraction of sp³-hybridized carbons (Fsp3) is 0.600. The van der Waals surface area contributed by atoms with E-state index in [1.54, 1.807) is 0 Å². The molecule has 1 unspecified atom stereocenters. The maximum atomic E-state index is 12.8. The molecule has 2 amide bonds. The number of hydrogen-bond donors (Lipinski definition) is 2. The van der Waals surface area contributed by atoms with Gasteiger partial charge in [-0.3, -0.25) is 4.79 Å². The molecule has 7 nitrogen and oxygen atoms in total. The number of urea groups is 1. The minimum absolute atomic E-state index is 0.106. The van der Waals surface area contributed by atoms with Crippen LogP contribution in [0.3, 0.4) is 0 Å². The van der Waals surface area contributed by atoms with Crippen LogP contribution in [0.4, 0.5) is 10.5 Å². The lowest BCUT2D eigenvalue weighted by atomic mass is 9.80. The number of nitrogens with one attached hydrogen (secondary N) is 1. The first kappa shape index (κ1) is 19.5. The molecular formula is C20H29N3O4. The largest absolute Gasteiger partial charge is 0.481 e. The van der Waals surface area contributed by atoms with Crippen molar-refractivity contribution in [2.45, 2.75) is 32.2 Å². The molecule has 1 aromatic carbocycles. The van der Waals surface area contributed by atoms with Crippen LogP contribution in [0.5, 0.6) is 0 Å². The van der Waals surface area contributed by atoms with Gasteiger partial charge in [-0.05, 0) is 31.4 Å². The van der Waals surface area contributed by atoms with E-state index in [4.69, 9.17) is 4.74 Å². The van der Waals surface area contributed by atoms with Crippen molar-refractivity contribution in [3.63, 3.8) is 0 Å². The maximum Gasteiger partial charge on any atom is 0.317 e. The van der Waals surface area contributed by atoms with Gasteiger partial charge in [-0.25, -0.2) is 4.79 Å². The Morgan fingerprint density at radius 2 is 1.93 bits per heavy atom. The first-order chi connectivity index (χ1) is 13.1. The minimum atomic E-state index is -0.915. The molecule has 7 heteroatoms. The number of para-hydroxylation sites is 1. The first-order valence-corrected chi connectivity index (χ1v) is 9.71. The summed E-state index contributed by atoms with van der Waals surface area (Å²) in [4.78, 5) is 28.7. The predicted molar refractivity (Wildman–Crippen MR) is 103 cm³/mol. The Morgan fingerprint density at radius 3 is 2.56 bits per heavy atom. The predicted octanol–water partition coefficient (Wildman–Crippen LogP) is 2.18. The van der Waals surface area contributed by atoms with E-state index in [1.165, 1.54) is 5.69 Å². The van der Waals surface area contributed by atoms with E-state index in [2.05, 4.69) is 29.3 Å². The number of carboxylic acid groups (broad SMARTS) is 1. The van der Waals surface area contributed by atoms with Gasteiger partial charge >= 0.3 is 12.0 Å². The normalized spacial score (nSPS) is 22.3. The molecule has 0 saturated carbocycles. The summed E-state index contributed by atoms with van der Waals surface area (Å²) >= 11 is 0. The molecule has 1 atom stereocenters. The van der Waals surface area contributed by atoms with Crippen LogP contribution >= 0.6 is 0 Å². The van der Waals surface area contributed by atoms with Crippen LogP contribution < -0.4 is 10.2 Å². The number of ether oxygens (including phenoxy) is 1. The molecule has 2 aliphatic heterocycles. The van der Waals surface area contributed by atoms with E-state index in [1.807, 2.05) is 23.1 Å². The molecule has 1 aromatic rings. The highest BCUT2D eigenvalue weighted by Gasteiger charge is 2.41. The molecule has 2 fully saturated rings. The summed E-state index contributed by atoms with van der Waals surface area (Å²) in [5.41, 5.74) is 0.254. The maximum absolute atomic E-state index is 12.8. The second-order valence-corrected chi connectivity index (χ2v) is 7.39. The molecule has 0 bridgehead atoms. The van der Waals surface area contributed by atoms with Gasteiger partial charge in [-0.2, -0.15) is 0 Å². The van der Waals surface area contributed by atoms with E-state index in [9.17, 15) is 14.7 Å². The van der Waals surface area contributed by atoms with Crippen molar-refractivity contribution in [2.24, 2.45) is 5.41 Å². The molecule has 2 heterocycles. The van der Waals surface area contributed by atoms with E-state index in [0.717, 1.165) is 19.5 Å². The zero-order valence-corrected chi connectivity index (χ0v) is 15.9. The average molecular weight is 375 g/mol. The average Bonchev–Trinajstić information content (AvgIpc) is 2.72. The van der Waals surface area contributed by atoms with Crippen molar-refractivity contribution in [1.29, 1.82) is 0 Å². The second kappa shape index (κ2) is 8.61. The fourth-order valence-electron chi connectivity index (χ4n) is 3.92. The summed E-state index contributed by atoms with van der Waals surface area (Å²) in [6.07, 6.45) is 1.72. The van der Waals surface area contributed by atoms with Gasteiger partial charge in [0.1, 0.15) is 0 Å². The molecule has 2 aliphatic rings. The fourth-order valence-corrected chi connectivity index (χ4v) is 3.92. The third-order valence-electron chi connectivity index (χ3n) is 5.82. The van der Waals surface area contributed by atoms with Crippen LogP contribution in [0.1, 0.15) is 26.2 Å². The number of anilines is 1. The number of amides is 2. The van der Waals surface area contributed by atoms with Crippen LogP contribution in [0.25, 0.3) is 0 Å². The third-order valence-corrected chi connectivity index (χ3v) is 5.82. The van der Waals surface area contributed by atoms with Crippen LogP contribution in [0.2, 0.25) is 0 Å². The molecule has 0 aliphatic carbocycles. The van der Waals surface area contributed by atoms with E-state index in [0.29, 0.717) is 32.6 Å². The molecule has 148 valence electrons. The summed E-state index contributed by atoms with van der Waals surface area (Å²) in [6.45, 7) is 5.27. The zero-order chi connectivity index (χ0) is 19.3. The number of benzene rings is 1. The number of aliphatic carboxylic acids is 1. The van der Waals surface area contributed by atoms with Crippen molar-refractivity contribution in [2.75, 3.05) is 44.3 Å². The number of piperazine rings is 1. The molecular weight excluding hydrogens is 346 g/mol. The zero-order valence-electron chi connectivity index (χ0n) is 15.9. The first-order valence-electron chi connectivity index (χ1n) is 9.71. The van der Waals surface area contributed by atoms with Crippen molar-refractivity contribution >= 4 is 17.7 Å². The van der Waals surface area contributed by atoms with E-state index >= 15 is 0 Å². The SMILES string of the molecule is CCC1CN(c2ccccc2)CCN1C(=O)NCC1(C(=O)O)CCOCC1. The summed E-state index contributed by atoms with van der Waals surface area (Å²) < 4.78 is 5.29. The highest BCUT2D eigenvalue weighted by molar-refractivity contribution is 5.78. The Morgan fingerprint density at radius 1 is 1.22 bits per heavy atom.